The molecule has 4 fully saturated rings. The van der Waals surface area contributed by atoms with Gasteiger partial charge in [0.15, 0.2) is 0 Å². The molecule has 0 bridgehead atoms. The lowest BCUT2D eigenvalue weighted by Crippen LogP contribution is -2.65. The Labute approximate surface area is 213 Å². The van der Waals surface area contributed by atoms with Crippen LogP contribution in [0.3, 0.4) is 0 Å². The van der Waals surface area contributed by atoms with Crippen LogP contribution in [0.15, 0.2) is 0 Å². The van der Waals surface area contributed by atoms with E-state index in [-0.39, 0.29) is 11.3 Å². The molecule has 4 saturated carbocycles. The van der Waals surface area contributed by atoms with Gasteiger partial charge in [-0.2, -0.15) is 0 Å². The van der Waals surface area contributed by atoms with Gasteiger partial charge in [-0.05, 0) is 105 Å². The lowest BCUT2D eigenvalue weighted by atomic mass is 9.41. The molecule has 0 amide bonds. The van der Waals surface area contributed by atoms with E-state index in [9.17, 15) is 15.0 Å². The number of fused-ring (bicyclic) bond motifs is 5. The van der Waals surface area contributed by atoms with Crippen LogP contribution in [0.5, 0.6) is 0 Å². The molecule has 4 rings (SSSR count). The fraction of sp³-hybridized carbons (Fsp3) is 0.897. The number of aldehydes is 1. The van der Waals surface area contributed by atoms with Crippen molar-refractivity contribution in [1.29, 1.82) is 0 Å². The number of hydrogen-bond donors (Lipinski definition) is 4. The summed E-state index contributed by atoms with van der Waals surface area (Å²) in [4.78, 5) is 14.0. The van der Waals surface area contributed by atoms with Crippen molar-refractivity contribution in [2.24, 2.45) is 40.4 Å². The molecule has 7 unspecified atom stereocenters. The molecule has 204 valence electrons. The number of unbranched alkanes of at least 4 members (excludes halogenated alkanes) is 1. The quantitative estimate of drug-likeness (QED) is 0.139. The molecule has 6 heteroatoms. The van der Waals surface area contributed by atoms with E-state index < -0.39 is 11.7 Å². The molecule has 4 aliphatic carbocycles. The Bertz CT molecular complexity index is 650. The van der Waals surface area contributed by atoms with Crippen LogP contribution in [0.25, 0.3) is 0 Å². The van der Waals surface area contributed by atoms with E-state index >= 15 is 0 Å². The van der Waals surface area contributed by atoms with Crippen LogP contribution in [0.4, 0.5) is 0 Å². The van der Waals surface area contributed by atoms with Gasteiger partial charge in [0, 0.05) is 13.5 Å². The van der Waals surface area contributed by atoms with Crippen molar-refractivity contribution < 1.29 is 30.3 Å². The summed E-state index contributed by atoms with van der Waals surface area (Å²) >= 11 is 0. The molecule has 6 nitrogen and oxygen atoms in total. The second kappa shape index (κ2) is 14.1. The number of aliphatic hydroxyl groups is 3. The Morgan fingerprint density at radius 3 is 2.20 bits per heavy atom. The second-order valence-corrected chi connectivity index (χ2v) is 11.7. The third-order valence-corrected chi connectivity index (χ3v) is 10.5. The highest BCUT2D eigenvalue weighted by Gasteiger charge is 2.65. The van der Waals surface area contributed by atoms with Gasteiger partial charge in [0.1, 0.15) is 6.29 Å². The average Bonchev–Trinajstić information content (AvgIpc) is 3.19. The number of rotatable bonds is 5. The number of carbonyl (C=O) groups is 1. The van der Waals surface area contributed by atoms with Crippen LogP contribution in [-0.4, -0.2) is 52.8 Å². The maximum atomic E-state index is 11.8. The SMILES string of the molecule is C#C.CC(O)[C@@]1(O)CC2C3CCC(CCCC=O)C3(C)CC[C@@H]2C2(C)CCCCC21.CO.COO. The molecule has 0 aromatic heterocycles. The molecular weight excluding hydrogens is 444 g/mol. The Morgan fingerprint density at radius 2 is 1.63 bits per heavy atom. The predicted octanol–water partition coefficient (Wildman–Crippen LogP) is 5.09. The molecule has 0 heterocycles. The summed E-state index contributed by atoms with van der Waals surface area (Å²) < 4.78 is 0. The van der Waals surface area contributed by atoms with E-state index in [2.05, 4.69) is 31.6 Å². The van der Waals surface area contributed by atoms with Crippen LogP contribution in [0, 0.1) is 53.3 Å². The van der Waals surface area contributed by atoms with E-state index in [1.165, 1.54) is 58.5 Å². The fourth-order valence-electron chi connectivity index (χ4n) is 9.03. The molecule has 4 N–H and O–H groups in total. The van der Waals surface area contributed by atoms with E-state index in [0.29, 0.717) is 29.6 Å². The smallest absolute Gasteiger partial charge is 0.119 e. The summed E-state index contributed by atoms with van der Waals surface area (Å²) in [5.74, 6) is 2.92. The van der Waals surface area contributed by atoms with Crippen molar-refractivity contribution >= 4 is 6.29 Å². The summed E-state index contributed by atoms with van der Waals surface area (Å²) in [6.07, 6.45) is 22.1. The Balaban J connectivity index is 0.000000797. The molecule has 0 saturated heterocycles. The highest BCUT2D eigenvalue weighted by atomic mass is 17.1. The lowest BCUT2D eigenvalue weighted by molar-refractivity contribution is -0.235. The highest BCUT2D eigenvalue weighted by Crippen LogP contribution is 2.69. The van der Waals surface area contributed by atoms with Gasteiger partial charge in [0.05, 0.1) is 18.8 Å². The number of carbonyl (C=O) groups excluding carboxylic acids is 1. The number of aliphatic hydroxyl groups excluding tert-OH is 2. The topological polar surface area (TPSA) is 107 Å². The van der Waals surface area contributed by atoms with E-state index in [0.717, 1.165) is 38.6 Å². The van der Waals surface area contributed by atoms with Crippen LogP contribution >= 0.6 is 0 Å². The van der Waals surface area contributed by atoms with Crippen LogP contribution in [-0.2, 0) is 9.68 Å². The maximum absolute atomic E-state index is 11.8. The monoisotopic (exact) mass is 496 g/mol. The highest BCUT2D eigenvalue weighted by molar-refractivity contribution is 5.48. The zero-order chi connectivity index (χ0) is 26.9. The Kier molecular flexibility index (Phi) is 12.9. The molecule has 9 atom stereocenters. The predicted molar refractivity (Wildman–Crippen MR) is 139 cm³/mol. The van der Waals surface area contributed by atoms with Crippen LogP contribution in [0.1, 0.15) is 97.8 Å². The average molecular weight is 497 g/mol. The number of hydrogen-bond acceptors (Lipinski definition) is 6. The minimum atomic E-state index is -0.913. The first-order valence-electron chi connectivity index (χ1n) is 13.5. The van der Waals surface area contributed by atoms with Crippen molar-refractivity contribution in [3.05, 3.63) is 0 Å². The second-order valence-electron chi connectivity index (χ2n) is 11.7. The van der Waals surface area contributed by atoms with Gasteiger partial charge in [0.25, 0.3) is 0 Å². The molecule has 0 aliphatic heterocycles. The van der Waals surface area contributed by atoms with E-state index in [1.54, 1.807) is 0 Å². The van der Waals surface area contributed by atoms with Gasteiger partial charge in [-0.1, -0.05) is 26.7 Å². The zero-order valence-electron chi connectivity index (χ0n) is 22.8. The largest absolute Gasteiger partial charge is 0.400 e. The standard InChI is InChI=1S/C25H42O3.C2H2.CH4O2.CH4O/c1-17(27)25(28)16-19-20-11-10-18(8-5-7-15-26)23(20,2)14-12-21(19)24(3)13-6-4-9-22(24)25;1-2;1-3-2;1-2/h15,17-22,27-28H,4-14,16H2,1-3H3;1-2H;2H,1H3;2H,1H3/t17?,18?,19?,20?,21-,22?,23?,24?,25-;;;/m0.../s1. The summed E-state index contributed by atoms with van der Waals surface area (Å²) in [5.41, 5.74) is -0.366. The molecule has 0 aromatic carbocycles. The molecule has 0 spiro atoms. The van der Waals surface area contributed by atoms with Crippen LogP contribution < -0.4 is 0 Å². The first-order chi connectivity index (χ1) is 16.7. The summed E-state index contributed by atoms with van der Waals surface area (Å²) in [6.45, 7) is 6.80. The zero-order valence-corrected chi connectivity index (χ0v) is 22.8. The van der Waals surface area contributed by atoms with Crippen LogP contribution in [0.2, 0.25) is 0 Å². The third-order valence-electron chi connectivity index (χ3n) is 10.5. The third kappa shape index (κ3) is 6.13. The molecule has 35 heavy (non-hydrogen) atoms. The van der Waals surface area contributed by atoms with Gasteiger partial charge in [-0.15, -0.1) is 12.8 Å². The minimum Gasteiger partial charge on any atom is -0.400 e. The van der Waals surface area contributed by atoms with Gasteiger partial charge in [-0.3, -0.25) is 5.26 Å². The lowest BCUT2D eigenvalue weighted by Gasteiger charge is -2.65. The van der Waals surface area contributed by atoms with Crippen molar-refractivity contribution in [3.8, 4) is 12.8 Å². The van der Waals surface area contributed by atoms with E-state index in [1.807, 2.05) is 6.92 Å². The van der Waals surface area contributed by atoms with Gasteiger partial charge in [-0.25, -0.2) is 4.89 Å². The van der Waals surface area contributed by atoms with Gasteiger partial charge >= 0.3 is 0 Å². The molecule has 0 aromatic rings. The maximum Gasteiger partial charge on any atom is 0.119 e. The summed E-state index contributed by atoms with van der Waals surface area (Å²) in [7, 11) is 2.18. The molecular formula is C29H52O6. The molecule has 0 radical (unpaired) electrons. The van der Waals surface area contributed by atoms with Crippen molar-refractivity contribution in [2.75, 3.05) is 14.2 Å². The van der Waals surface area contributed by atoms with Gasteiger partial charge in [0.2, 0.25) is 0 Å². The summed E-state index contributed by atoms with van der Waals surface area (Å²) in [5, 5.41) is 36.6. The first-order valence-corrected chi connectivity index (χ1v) is 13.5. The van der Waals surface area contributed by atoms with Crippen molar-refractivity contribution in [3.63, 3.8) is 0 Å². The Hall–Kier alpha value is -0.970. The minimum absolute atomic E-state index is 0.184. The van der Waals surface area contributed by atoms with E-state index in [4.69, 9.17) is 10.4 Å². The van der Waals surface area contributed by atoms with Crippen molar-refractivity contribution in [1.82, 2.24) is 0 Å². The number of terminal acetylenes is 1. The Morgan fingerprint density at radius 1 is 1.03 bits per heavy atom. The molecule has 4 aliphatic rings. The normalized spacial score (nSPS) is 42.1. The first kappa shape index (κ1) is 32.1. The summed E-state index contributed by atoms with van der Waals surface area (Å²) in [6, 6.07) is 0. The van der Waals surface area contributed by atoms with Gasteiger partial charge < -0.3 is 20.1 Å². The fourth-order valence-corrected chi connectivity index (χ4v) is 9.03. The van der Waals surface area contributed by atoms with Crippen molar-refractivity contribution in [2.45, 2.75) is 110 Å².